The Kier molecular flexibility index (Phi) is 6.92. The second kappa shape index (κ2) is 9.59. The summed E-state index contributed by atoms with van der Waals surface area (Å²) in [7, 11) is 3.18. The molecule has 7 nitrogen and oxygen atoms in total. The number of nitrogens with one attached hydrogen (secondary N) is 1. The highest BCUT2D eigenvalue weighted by Gasteiger charge is 2.19. The second-order valence-corrected chi connectivity index (χ2v) is 7.32. The molecule has 3 rings (SSSR count). The molecule has 2 heterocycles. The SMILES string of the molecule is COc1ccc(OC)c(-c2cc(C(=O)NCC(C)CN3CCCCC3)no2)c1. The molecule has 1 unspecified atom stereocenters. The number of benzene rings is 1. The molecule has 7 heteroatoms. The van der Waals surface area contributed by atoms with Gasteiger partial charge in [-0.2, -0.15) is 0 Å². The maximum Gasteiger partial charge on any atom is 0.273 e. The Morgan fingerprint density at radius 1 is 1.21 bits per heavy atom. The lowest BCUT2D eigenvalue weighted by atomic mass is 10.1. The third-order valence-electron chi connectivity index (χ3n) is 5.04. The number of ether oxygens (including phenoxy) is 2. The summed E-state index contributed by atoms with van der Waals surface area (Å²) in [6.45, 7) is 6.09. The van der Waals surface area contributed by atoms with Gasteiger partial charge in [0.1, 0.15) is 11.5 Å². The van der Waals surface area contributed by atoms with Crippen LogP contribution in [0.3, 0.4) is 0 Å². The average Bonchev–Trinajstić information content (AvgIpc) is 3.22. The summed E-state index contributed by atoms with van der Waals surface area (Å²) in [6.07, 6.45) is 3.87. The molecule has 1 atom stereocenters. The fourth-order valence-corrected chi connectivity index (χ4v) is 3.52. The van der Waals surface area contributed by atoms with Gasteiger partial charge in [-0.05, 0) is 50.0 Å². The summed E-state index contributed by atoms with van der Waals surface area (Å²) in [5, 5.41) is 6.88. The number of amides is 1. The highest BCUT2D eigenvalue weighted by Crippen LogP contribution is 2.33. The van der Waals surface area contributed by atoms with Crippen molar-refractivity contribution in [1.29, 1.82) is 0 Å². The van der Waals surface area contributed by atoms with E-state index in [4.69, 9.17) is 14.0 Å². The van der Waals surface area contributed by atoms with E-state index in [1.54, 1.807) is 38.5 Å². The van der Waals surface area contributed by atoms with Crippen LogP contribution in [0.1, 0.15) is 36.7 Å². The molecule has 1 aromatic heterocycles. The predicted molar refractivity (Wildman–Crippen MR) is 107 cm³/mol. The van der Waals surface area contributed by atoms with Crippen LogP contribution >= 0.6 is 0 Å². The van der Waals surface area contributed by atoms with Gasteiger partial charge < -0.3 is 24.2 Å². The number of piperidine rings is 1. The topological polar surface area (TPSA) is 76.8 Å². The fraction of sp³-hybridized carbons (Fsp3) is 0.524. The van der Waals surface area contributed by atoms with Crippen molar-refractivity contribution in [2.24, 2.45) is 5.92 Å². The van der Waals surface area contributed by atoms with Gasteiger partial charge in [-0.3, -0.25) is 4.79 Å². The maximum absolute atomic E-state index is 12.5. The van der Waals surface area contributed by atoms with Crippen LogP contribution in [0.15, 0.2) is 28.8 Å². The van der Waals surface area contributed by atoms with Crippen LogP contribution in [-0.4, -0.2) is 56.4 Å². The van der Waals surface area contributed by atoms with Gasteiger partial charge in [0.25, 0.3) is 5.91 Å². The first-order chi connectivity index (χ1) is 13.6. The first-order valence-corrected chi connectivity index (χ1v) is 9.80. The molecule has 0 spiro atoms. The summed E-state index contributed by atoms with van der Waals surface area (Å²) in [5.41, 5.74) is 0.942. The van der Waals surface area contributed by atoms with Crippen LogP contribution in [-0.2, 0) is 0 Å². The zero-order valence-electron chi connectivity index (χ0n) is 16.9. The molecule has 0 radical (unpaired) electrons. The molecule has 0 aliphatic carbocycles. The van der Waals surface area contributed by atoms with Crippen LogP contribution < -0.4 is 14.8 Å². The van der Waals surface area contributed by atoms with Crippen molar-refractivity contribution in [3.63, 3.8) is 0 Å². The van der Waals surface area contributed by atoms with Crippen LogP contribution in [0.5, 0.6) is 11.5 Å². The lowest BCUT2D eigenvalue weighted by Crippen LogP contribution is -2.38. The van der Waals surface area contributed by atoms with Crippen molar-refractivity contribution in [2.75, 3.05) is 40.4 Å². The predicted octanol–water partition coefficient (Wildman–Crippen LogP) is 3.21. The number of carbonyl (C=O) groups excluding carboxylic acids is 1. The zero-order chi connectivity index (χ0) is 19.9. The molecule has 1 fully saturated rings. The number of hydrogen-bond donors (Lipinski definition) is 1. The van der Waals surface area contributed by atoms with E-state index in [2.05, 4.69) is 22.3 Å². The van der Waals surface area contributed by atoms with Gasteiger partial charge in [-0.25, -0.2) is 0 Å². The molecule has 0 saturated carbocycles. The first kappa shape index (κ1) is 20.2. The standard InChI is InChI=1S/C21H29N3O4/c1-15(14-24-9-5-4-6-10-24)13-22-21(25)18-12-20(28-23-18)17-11-16(26-2)7-8-19(17)27-3/h7-8,11-12,15H,4-6,9-10,13-14H2,1-3H3,(H,22,25). The lowest BCUT2D eigenvalue weighted by Gasteiger charge is -2.29. The van der Waals surface area contributed by atoms with E-state index in [9.17, 15) is 4.79 Å². The molecule has 1 N–H and O–H groups in total. The van der Waals surface area contributed by atoms with Crippen molar-refractivity contribution in [3.05, 3.63) is 30.0 Å². The number of aromatic nitrogens is 1. The number of carbonyl (C=O) groups is 1. The molecule has 1 aromatic carbocycles. The number of likely N-dealkylation sites (tertiary alicyclic amines) is 1. The Bertz CT molecular complexity index is 784. The molecule has 0 bridgehead atoms. The van der Waals surface area contributed by atoms with E-state index in [0.717, 1.165) is 19.6 Å². The minimum atomic E-state index is -0.234. The van der Waals surface area contributed by atoms with Crippen LogP contribution in [0.25, 0.3) is 11.3 Å². The second-order valence-electron chi connectivity index (χ2n) is 7.32. The van der Waals surface area contributed by atoms with Crippen molar-refractivity contribution in [2.45, 2.75) is 26.2 Å². The van der Waals surface area contributed by atoms with Gasteiger partial charge in [-0.15, -0.1) is 0 Å². The summed E-state index contributed by atoms with van der Waals surface area (Å²) in [4.78, 5) is 14.9. The molecule has 28 heavy (non-hydrogen) atoms. The minimum absolute atomic E-state index is 0.234. The lowest BCUT2D eigenvalue weighted by molar-refractivity contribution is 0.0933. The number of methoxy groups -OCH3 is 2. The van der Waals surface area contributed by atoms with E-state index in [-0.39, 0.29) is 11.6 Å². The van der Waals surface area contributed by atoms with E-state index < -0.39 is 0 Å². The normalized spacial score (nSPS) is 15.8. The monoisotopic (exact) mass is 387 g/mol. The largest absolute Gasteiger partial charge is 0.497 e. The molecular formula is C21H29N3O4. The average molecular weight is 387 g/mol. The quantitative estimate of drug-likeness (QED) is 0.750. The van der Waals surface area contributed by atoms with E-state index in [1.165, 1.54) is 19.3 Å². The van der Waals surface area contributed by atoms with Gasteiger partial charge in [0.2, 0.25) is 0 Å². The summed E-state index contributed by atoms with van der Waals surface area (Å²) >= 11 is 0. The highest BCUT2D eigenvalue weighted by atomic mass is 16.5. The van der Waals surface area contributed by atoms with Gasteiger partial charge in [0, 0.05) is 19.2 Å². The minimum Gasteiger partial charge on any atom is -0.497 e. The summed E-state index contributed by atoms with van der Waals surface area (Å²) in [5.74, 6) is 1.90. The van der Waals surface area contributed by atoms with Crippen LogP contribution in [0.4, 0.5) is 0 Å². The Hall–Kier alpha value is -2.54. The van der Waals surface area contributed by atoms with E-state index in [0.29, 0.717) is 35.3 Å². The van der Waals surface area contributed by atoms with Gasteiger partial charge in [0.05, 0.1) is 19.8 Å². The number of hydrogen-bond acceptors (Lipinski definition) is 6. The summed E-state index contributed by atoms with van der Waals surface area (Å²) in [6, 6.07) is 7.01. The smallest absolute Gasteiger partial charge is 0.273 e. The highest BCUT2D eigenvalue weighted by molar-refractivity contribution is 5.93. The van der Waals surface area contributed by atoms with Crippen LogP contribution in [0.2, 0.25) is 0 Å². The third-order valence-corrected chi connectivity index (χ3v) is 5.04. The summed E-state index contributed by atoms with van der Waals surface area (Å²) < 4.78 is 16.0. The maximum atomic E-state index is 12.5. The van der Waals surface area contributed by atoms with E-state index >= 15 is 0 Å². The molecule has 152 valence electrons. The van der Waals surface area contributed by atoms with Gasteiger partial charge >= 0.3 is 0 Å². The third kappa shape index (κ3) is 5.04. The molecule has 1 aliphatic rings. The first-order valence-electron chi connectivity index (χ1n) is 9.80. The van der Waals surface area contributed by atoms with Crippen molar-refractivity contribution in [1.82, 2.24) is 15.4 Å². The number of rotatable bonds is 8. The molecule has 2 aromatic rings. The molecular weight excluding hydrogens is 358 g/mol. The Balaban J connectivity index is 1.59. The Morgan fingerprint density at radius 3 is 2.71 bits per heavy atom. The molecule has 1 amide bonds. The van der Waals surface area contributed by atoms with Crippen molar-refractivity contribution >= 4 is 5.91 Å². The van der Waals surface area contributed by atoms with Crippen molar-refractivity contribution in [3.8, 4) is 22.8 Å². The van der Waals surface area contributed by atoms with E-state index in [1.807, 2.05) is 0 Å². The Labute approximate surface area is 166 Å². The van der Waals surface area contributed by atoms with Gasteiger partial charge in [-0.1, -0.05) is 18.5 Å². The molecule has 1 aliphatic heterocycles. The Morgan fingerprint density at radius 2 is 2.00 bits per heavy atom. The fourth-order valence-electron chi connectivity index (χ4n) is 3.52. The van der Waals surface area contributed by atoms with Crippen molar-refractivity contribution < 1.29 is 18.8 Å². The van der Waals surface area contributed by atoms with Crippen LogP contribution in [0, 0.1) is 5.92 Å². The van der Waals surface area contributed by atoms with Gasteiger partial charge in [0.15, 0.2) is 11.5 Å². The zero-order valence-corrected chi connectivity index (χ0v) is 16.9. The molecule has 1 saturated heterocycles. The number of nitrogens with zero attached hydrogens (tertiary/aromatic N) is 2.